The zero-order valence-corrected chi connectivity index (χ0v) is 18.0. The summed E-state index contributed by atoms with van der Waals surface area (Å²) >= 11 is 0. The van der Waals surface area contributed by atoms with Gasteiger partial charge in [-0.2, -0.15) is 0 Å². The number of carbonyl (C=O) groups excluding carboxylic acids is 1. The predicted molar refractivity (Wildman–Crippen MR) is 113 cm³/mol. The van der Waals surface area contributed by atoms with Crippen LogP contribution in [0.4, 0.5) is 0 Å². The molecule has 0 heterocycles. The summed E-state index contributed by atoms with van der Waals surface area (Å²) in [5, 5.41) is 10.6. The van der Waals surface area contributed by atoms with Gasteiger partial charge in [-0.3, -0.25) is 4.79 Å². The fourth-order valence-electron chi connectivity index (χ4n) is 4.22. The summed E-state index contributed by atoms with van der Waals surface area (Å²) in [4.78, 5) is 13.5. The van der Waals surface area contributed by atoms with Gasteiger partial charge < -0.3 is 16.6 Å². The first-order valence-electron chi connectivity index (χ1n) is 10.1. The summed E-state index contributed by atoms with van der Waals surface area (Å²) in [5.41, 5.74) is 12.7. The van der Waals surface area contributed by atoms with Gasteiger partial charge in [0.1, 0.15) is 5.78 Å². The van der Waals surface area contributed by atoms with E-state index in [0.717, 1.165) is 12.0 Å². The molecule has 0 radical (unpaired) electrons. The number of rotatable bonds is 9. The molecule has 0 aliphatic heterocycles. The Morgan fingerprint density at radius 1 is 0.963 bits per heavy atom. The lowest BCUT2D eigenvalue weighted by molar-refractivity contribution is -0.133. The second-order valence-electron chi connectivity index (χ2n) is 9.88. The molecule has 0 saturated heterocycles. The van der Waals surface area contributed by atoms with Crippen LogP contribution in [0, 0.1) is 28.6 Å². The highest BCUT2D eigenvalue weighted by Gasteiger charge is 2.44. The van der Waals surface area contributed by atoms with Gasteiger partial charge in [-0.1, -0.05) is 71.9 Å². The molecule has 0 fully saturated rings. The van der Waals surface area contributed by atoms with Crippen molar-refractivity contribution >= 4 is 5.78 Å². The number of hydrogen-bond donors (Lipinski definition) is 3. The molecule has 5 N–H and O–H groups in total. The van der Waals surface area contributed by atoms with Crippen molar-refractivity contribution in [1.82, 2.24) is 0 Å². The normalized spacial score (nSPS) is 17.2. The average Bonchev–Trinajstić information content (AvgIpc) is 2.56. The number of Topliss-reactive ketones (excluding diaryl/α,β-unsaturated/α-hetero) is 1. The van der Waals surface area contributed by atoms with Crippen LogP contribution in [0.15, 0.2) is 30.3 Å². The molecule has 4 heteroatoms. The molecule has 0 aliphatic carbocycles. The number of aliphatic hydroxyl groups is 1. The fraction of sp³-hybridized carbons (Fsp3) is 0.696. The molecule has 4 nitrogen and oxygen atoms in total. The smallest absolute Gasteiger partial charge is 0.139 e. The Morgan fingerprint density at radius 3 is 1.89 bits per heavy atom. The summed E-state index contributed by atoms with van der Waals surface area (Å²) in [6.45, 7) is 13.9. The van der Waals surface area contributed by atoms with Crippen molar-refractivity contribution in [2.75, 3.05) is 13.1 Å². The Bertz CT molecular complexity index is 572. The van der Waals surface area contributed by atoms with Crippen LogP contribution in [-0.4, -0.2) is 24.0 Å². The zero-order chi connectivity index (χ0) is 20.8. The van der Waals surface area contributed by atoms with Crippen LogP contribution < -0.4 is 11.5 Å². The highest BCUT2D eigenvalue weighted by Crippen LogP contribution is 2.45. The van der Waals surface area contributed by atoms with Gasteiger partial charge in [-0.25, -0.2) is 0 Å². The van der Waals surface area contributed by atoms with E-state index in [1.807, 2.05) is 30.3 Å². The number of ketones is 1. The number of benzene rings is 1. The van der Waals surface area contributed by atoms with Gasteiger partial charge in [0.25, 0.3) is 0 Å². The molecule has 27 heavy (non-hydrogen) atoms. The van der Waals surface area contributed by atoms with Gasteiger partial charge in [-0.15, -0.1) is 0 Å². The first-order chi connectivity index (χ1) is 12.4. The van der Waals surface area contributed by atoms with Gasteiger partial charge in [0.05, 0.1) is 6.10 Å². The molecule has 4 unspecified atom stereocenters. The minimum Gasteiger partial charge on any atom is -0.388 e. The van der Waals surface area contributed by atoms with Gasteiger partial charge in [0.2, 0.25) is 0 Å². The van der Waals surface area contributed by atoms with E-state index in [4.69, 9.17) is 11.5 Å². The topological polar surface area (TPSA) is 89.3 Å². The van der Waals surface area contributed by atoms with E-state index in [1.54, 1.807) is 0 Å². The van der Waals surface area contributed by atoms with E-state index in [2.05, 4.69) is 41.5 Å². The van der Waals surface area contributed by atoms with Crippen molar-refractivity contribution in [3.05, 3.63) is 35.9 Å². The molecule has 0 bridgehead atoms. The molecule has 0 aliphatic rings. The molecular weight excluding hydrogens is 336 g/mol. The maximum Gasteiger partial charge on any atom is 0.139 e. The number of carbonyl (C=O) groups is 1. The number of hydrogen-bond acceptors (Lipinski definition) is 4. The van der Waals surface area contributed by atoms with Crippen molar-refractivity contribution in [2.45, 2.75) is 60.5 Å². The van der Waals surface area contributed by atoms with Crippen molar-refractivity contribution < 1.29 is 9.90 Å². The minimum absolute atomic E-state index is 0.0312. The van der Waals surface area contributed by atoms with E-state index >= 15 is 0 Å². The van der Waals surface area contributed by atoms with Gasteiger partial charge in [-0.05, 0) is 47.7 Å². The minimum atomic E-state index is -0.793. The van der Waals surface area contributed by atoms with Crippen LogP contribution in [-0.2, 0) is 4.79 Å². The van der Waals surface area contributed by atoms with E-state index in [1.165, 1.54) is 0 Å². The van der Waals surface area contributed by atoms with Crippen molar-refractivity contribution in [3.63, 3.8) is 0 Å². The number of aliphatic hydroxyl groups excluding tert-OH is 1. The Hall–Kier alpha value is -1.23. The zero-order valence-electron chi connectivity index (χ0n) is 18.0. The maximum absolute atomic E-state index is 13.5. The predicted octanol–water partition coefficient (Wildman–Crippen LogP) is 3.93. The highest BCUT2D eigenvalue weighted by molar-refractivity contribution is 5.82. The highest BCUT2D eigenvalue weighted by atomic mass is 16.3. The van der Waals surface area contributed by atoms with Crippen molar-refractivity contribution in [2.24, 2.45) is 40.1 Å². The summed E-state index contributed by atoms with van der Waals surface area (Å²) in [6, 6.07) is 9.38. The van der Waals surface area contributed by atoms with Gasteiger partial charge in [0, 0.05) is 12.3 Å². The monoisotopic (exact) mass is 376 g/mol. The lowest BCUT2D eigenvalue weighted by Gasteiger charge is -2.44. The Kier molecular flexibility index (Phi) is 8.65. The van der Waals surface area contributed by atoms with Crippen molar-refractivity contribution in [1.29, 1.82) is 0 Å². The fourth-order valence-corrected chi connectivity index (χ4v) is 4.22. The van der Waals surface area contributed by atoms with E-state index < -0.39 is 6.10 Å². The van der Waals surface area contributed by atoms with Crippen molar-refractivity contribution in [3.8, 4) is 0 Å². The molecule has 0 aromatic heterocycles. The summed E-state index contributed by atoms with van der Waals surface area (Å²) in [7, 11) is 0. The van der Waals surface area contributed by atoms with Crippen LogP contribution in [0.5, 0.6) is 0 Å². The SMILES string of the molecule is CC(C)(C)C(CN)C(C(=O)CC(O)c1ccccc1)C(CCN)C(C)(C)C. The Labute approximate surface area is 165 Å². The molecule has 154 valence electrons. The largest absolute Gasteiger partial charge is 0.388 e. The quantitative estimate of drug-likeness (QED) is 0.609. The second kappa shape index (κ2) is 9.81. The van der Waals surface area contributed by atoms with Gasteiger partial charge in [0.15, 0.2) is 0 Å². The van der Waals surface area contributed by atoms with Crippen LogP contribution in [0.2, 0.25) is 0 Å². The van der Waals surface area contributed by atoms with Crippen LogP contribution >= 0.6 is 0 Å². The van der Waals surface area contributed by atoms with Gasteiger partial charge >= 0.3 is 0 Å². The lowest BCUT2D eigenvalue weighted by atomic mass is 9.60. The van der Waals surface area contributed by atoms with Crippen LogP contribution in [0.3, 0.4) is 0 Å². The third-order valence-electron chi connectivity index (χ3n) is 5.77. The van der Waals surface area contributed by atoms with E-state index in [-0.39, 0.29) is 40.8 Å². The van der Waals surface area contributed by atoms with Crippen LogP contribution in [0.1, 0.15) is 66.1 Å². The lowest BCUT2D eigenvalue weighted by Crippen LogP contribution is -2.46. The summed E-state index contributed by atoms with van der Waals surface area (Å²) < 4.78 is 0. The van der Waals surface area contributed by atoms with E-state index in [0.29, 0.717) is 13.1 Å². The molecule has 0 saturated carbocycles. The average molecular weight is 377 g/mol. The van der Waals surface area contributed by atoms with Crippen LogP contribution in [0.25, 0.3) is 0 Å². The Balaban J connectivity index is 3.24. The first-order valence-corrected chi connectivity index (χ1v) is 10.1. The number of nitrogens with two attached hydrogens (primary N) is 2. The third kappa shape index (κ3) is 6.70. The molecule has 1 rings (SSSR count). The summed E-state index contributed by atoms with van der Waals surface area (Å²) in [5.74, 6) is 0.0107. The molecule has 0 spiro atoms. The van der Waals surface area contributed by atoms with E-state index in [9.17, 15) is 9.90 Å². The molecular formula is C23H40N2O2. The molecule has 1 aromatic rings. The molecule has 0 amide bonds. The standard InChI is InChI=1S/C23H40N2O2/c1-22(2,3)17(12-13-24)21(18(15-25)23(4,5)6)20(27)14-19(26)16-10-8-7-9-11-16/h7-11,17-19,21,26H,12-15,24-25H2,1-6H3. The summed E-state index contributed by atoms with van der Waals surface area (Å²) in [6.07, 6.45) is 0.0878. The maximum atomic E-state index is 13.5. The Morgan fingerprint density at radius 2 is 1.48 bits per heavy atom. The second-order valence-corrected chi connectivity index (χ2v) is 9.88. The first kappa shape index (κ1) is 23.8. The molecule has 4 atom stereocenters. The molecule has 1 aromatic carbocycles. The third-order valence-corrected chi connectivity index (χ3v) is 5.77.